The minimum atomic E-state index is 0. The third kappa shape index (κ3) is 8.10. The van der Waals surface area contributed by atoms with Gasteiger partial charge in [-0.05, 0) is 24.6 Å². The average Bonchev–Trinajstić information content (AvgIpc) is 3.08. The van der Waals surface area contributed by atoms with E-state index >= 15 is 0 Å². The topological polar surface area (TPSA) is 49.6 Å². The Bertz CT molecular complexity index is 585. The predicted molar refractivity (Wildman–Crippen MR) is 115 cm³/mol. The highest BCUT2D eigenvalue weighted by molar-refractivity contribution is 14.0. The molecule has 0 spiro atoms. The number of furan rings is 1. The second kappa shape index (κ2) is 12.2. The van der Waals surface area contributed by atoms with Crippen LogP contribution in [0.25, 0.3) is 0 Å². The third-order valence-corrected chi connectivity index (χ3v) is 4.43. The maximum absolute atomic E-state index is 5.31. The molecule has 132 valence electrons. The van der Waals surface area contributed by atoms with Crippen molar-refractivity contribution in [1.29, 1.82) is 0 Å². The highest BCUT2D eigenvalue weighted by Crippen LogP contribution is 2.12. The number of hydrogen-bond acceptors (Lipinski definition) is 3. The average molecular weight is 459 g/mol. The highest BCUT2D eigenvalue weighted by Gasteiger charge is 1.99. The molecular weight excluding hydrogens is 433 g/mol. The van der Waals surface area contributed by atoms with Gasteiger partial charge in [0.05, 0.1) is 6.26 Å². The Balaban J connectivity index is 0.00000288. The van der Waals surface area contributed by atoms with E-state index in [2.05, 4.69) is 46.8 Å². The number of halogens is 1. The summed E-state index contributed by atoms with van der Waals surface area (Å²) in [7, 11) is 1.79. The van der Waals surface area contributed by atoms with E-state index in [0.717, 1.165) is 42.7 Å². The first kappa shape index (κ1) is 20.9. The zero-order valence-corrected chi connectivity index (χ0v) is 17.4. The normalized spacial score (nSPS) is 11.0. The lowest BCUT2D eigenvalue weighted by molar-refractivity contribution is 0.507. The van der Waals surface area contributed by atoms with Crippen molar-refractivity contribution < 1.29 is 4.42 Å². The number of nitrogens with one attached hydrogen (secondary N) is 2. The van der Waals surface area contributed by atoms with E-state index in [1.54, 1.807) is 13.3 Å². The lowest BCUT2D eigenvalue weighted by Gasteiger charge is -2.11. The van der Waals surface area contributed by atoms with Gasteiger partial charge in [0, 0.05) is 38.1 Å². The Morgan fingerprint density at radius 1 is 1.12 bits per heavy atom. The monoisotopic (exact) mass is 459 g/mol. The quantitative estimate of drug-likeness (QED) is 0.273. The van der Waals surface area contributed by atoms with Crippen LogP contribution in [0, 0.1) is 6.92 Å². The lowest BCUT2D eigenvalue weighted by atomic mass is 10.2. The summed E-state index contributed by atoms with van der Waals surface area (Å²) in [5.74, 6) is 3.92. The summed E-state index contributed by atoms with van der Waals surface area (Å²) < 4.78 is 5.31. The van der Waals surface area contributed by atoms with Crippen LogP contribution in [0.3, 0.4) is 0 Å². The number of rotatable bonds is 8. The van der Waals surface area contributed by atoms with Gasteiger partial charge < -0.3 is 15.1 Å². The zero-order valence-electron chi connectivity index (χ0n) is 14.2. The van der Waals surface area contributed by atoms with Gasteiger partial charge in [-0.25, -0.2) is 0 Å². The summed E-state index contributed by atoms with van der Waals surface area (Å²) in [4.78, 5) is 4.23. The van der Waals surface area contributed by atoms with Crippen LogP contribution in [0.4, 0.5) is 0 Å². The Labute approximate surface area is 165 Å². The summed E-state index contributed by atoms with van der Waals surface area (Å²) >= 11 is 1.93. The molecule has 1 heterocycles. The van der Waals surface area contributed by atoms with Crippen LogP contribution >= 0.6 is 35.7 Å². The molecule has 1 aromatic carbocycles. The van der Waals surface area contributed by atoms with Crippen molar-refractivity contribution in [3.8, 4) is 0 Å². The fourth-order valence-corrected chi connectivity index (χ4v) is 2.91. The molecule has 0 aliphatic rings. The van der Waals surface area contributed by atoms with Gasteiger partial charge in [-0.3, -0.25) is 4.99 Å². The highest BCUT2D eigenvalue weighted by atomic mass is 127. The predicted octanol–water partition coefficient (Wildman–Crippen LogP) is 3.85. The molecule has 0 fully saturated rings. The van der Waals surface area contributed by atoms with Crippen molar-refractivity contribution >= 4 is 41.7 Å². The van der Waals surface area contributed by atoms with Gasteiger partial charge >= 0.3 is 0 Å². The van der Waals surface area contributed by atoms with Crippen LogP contribution in [0.2, 0.25) is 0 Å². The van der Waals surface area contributed by atoms with Crippen molar-refractivity contribution in [2.45, 2.75) is 19.1 Å². The summed E-state index contributed by atoms with van der Waals surface area (Å²) in [6.45, 7) is 3.83. The smallest absolute Gasteiger partial charge is 0.191 e. The SMILES string of the molecule is CN=C(NCCSCc1ccc(C)cc1)NCCc1ccco1.I. The van der Waals surface area contributed by atoms with Crippen LogP contribution in [0.5, 0.6) is 0 Å². The van der Waals surface area contributed by atoms with Crippen molar-refractivity contribution in [2.24, 2.45) is 4.99 Å². The fourth-order valence-electron chi connectivity index (χ4n) is 2.10. The summed E-state index contributed by atoms with van der Waals surface area (Å²) in [5, 5.41) is 6.62. The van der Waals surface area contributed by atoms with Gasteiger partial charge in [0.25, 0.3) is 0 Å². The number of benzene rings is 1. The van der Waals surface area contributed by atoms with Gasteiger partial charge in [-0.1, -0.05) is 29.8 Å². The van der Waals surface area contributed by atoms with Crippen molar-refractivity contribution in [3.05, 3.63) is 59.5 Å². The fraction of sp³-hybridized carbons (Fsp3) is 0.389. The maximum atomic E-state index is 5.31. The minimum Gasteiger partial charge on any atom is -0.469 e. The first-order valence-electron chi connectivity index (χ1n) is 7.88. The molecule has 6 heteroatoms. The van der Waals surface area contributed by atoms with Crippen LogP contribution < -0.4 is 10.6 Å². The zero-order chi connectivity index (χ0) is 16.3. The third-order valence-electron chi connectivity index (χ3n) is 3.40. The molecule has 24 heavy (non-hydrogen) atoms. The van der Waals surface area contributed by atoms with Crippen LogP contribution in [0.15, 0.2) is 52.1 Å². The summed E-state index contributed by atoms with van der Waals surface area (Å²) in [5.41, 5.74) is 2.69. The largest absolute Gasteiger partial charge is 0.469 e. The number of thioether (sulfide) groups is 1. The number of nitrogens with zero attached hydrogens (tertiary/aromatic N) is 1. The van der Waals surface area contributed by atoms with E-state index in [1.165, 1.54) is 11.1 Å². The van der Waals surface area contributed by atoms with Gasteiger partial charge in [-0.15, -0.1) is 24.0 Å². The summed E-state index contributed by atoms with van der Waals surface area (Å²) in [6, 6.07) is 12.6. The molecule has 0 amide bonds. The molecule has 0 saturated heterocycles. The molecule has 0 saturated carbocycles. The number of aryl methyl sites for hydroxylation is 1. The molecule has 0 aliphatic heterocycles. The summed E-state index contributed by atoms with van der Waals surface area (Å²) in [6.07, 6.45) is 2.56. The first-order valence-corrected chi connectivity index (χ1v) is 9.03. The lowest BCUT2D eigenvalue weighted by Crippen LogP contribution is -2.39. The minimum absolute atomic E-state index is 0. The molecule has 0 atom stereocenters. The molecule has 2 N–H and O–H groups in total. The molecule has 2 rings (SSSR count). The Morgan fingerprint density at radius 2 is 1.88 bits per heavy atom. The maximum Gasteiger partial charge on any atom is 0.191 e. The first-order chi connectivity index (χ1) is 11.3. The van der Waals surface area contributed by atoms with E-state index in [4.69, 9.17) is 4.42 Å². The van der Waals surface area contributed by atoms with E-state index in [9.17, 15) is 0 Å². The van der Waals surface area contributed by atoms with Gasteiger partial charge in [0.1, 0.15) is 5.76 Å². The molecule has 0 unspecified atom stereocenters. The Kier molecular flexibility index (Phi) is 10.7. The second-order valence-electron chi connectivity index (χ2n) is 5.29. The molecule has 2 aromatic rings. The number of hydrogen-bond donors (Lipinski definition) is 2. The Morgan fingerprint density at radius 3 is 2.54 bits per heavy atom. The molecule has 0 bridgehead atoms. The molecular formula is C18H26IN3OS. The van der Waals surface area contributed by atoms with E-state index < -0.39 is 0 Å². The van der Waals surface area contributed by atoms with Crippen LogP contribution in [0.1, 0.15) is 16.9 Å². The van der Waals surface area contributed by atoms with Gasteiger partial charge in [0.15, 0.2) is 5.96 Å². The molecule has 0 radical (unpaired) electrons. The van der Waals surface area contributed by atoms with Gasteiger partial charge in [-0.2, -0.15) is 11.8 Å². The van der Waals surface area contributed by atoms with E-state index in [0.29, 0.717) is 0 Å². The molecule has 1 aromatic heterocycles. The van der Waals surface area contributed by atoms with Crippen molar-refractivity contribution in [2.75, 3.05) is 25.9 Å². The van der Waals surface area contributed by atoms with E-state index in [-0.39, 0.29) is 24.0 Å². The standard InChI is InChI=1S/C18H25N3OS.HI/c1-15-5-7-16(8-6-15)14-23-13-11-21-18(19-2)20-10-9-17-4-3-12-22-17;/h3-8,12H,9-11,13-14H2,1-2H3,(H2,19,20,21);1H. The Hall–Kier alpha value is -1.15. The van der Waals surface area contributed by atoms with Crippen molar-refractivity contribution in [1.82, 2.24) is 10.6 Å². The van der Waals surface area contributed by atoms with Crippen molar-refractivity contribution in [3.63, 3.8) is 0 Å². The van der Waals surface area contributed by atoms with Crippen LogP contribution in [-0.2, 0) is 12.2 Å². The molecule has 0 aliphatic carbocycles. The number of guanidine groups is 1. The van der Waals surface area contributed by atoms with Gasteiger partial charge in [0.2, 0.25) is 0 Å². The van der Waals surface area contributed by atoms with Crippen LogP contribution in [-0.4, -0.2) is 31.8 Å². The number of aliphatic imine (C=N–C) groups is 1. The molecule has 4 nitrogen and oxygen atoms in total. The van der Waals surface area contributed by atoms with E-state index in [1.807, 2.05) is 23.9 Å². The second-order valence-corrected chi connectivity index (χ2v) is 6.40.